The number of fused-ring (bicyclic) bond motifs is 1. The van der Waals surface area contributed by atoms with E-state index in [4.69, 9.17) is 34.3 Å². The summed E-state index contributed by atoms with van der Waals surface area (Å²) in [5.74, 6) is 0.123. The van der Waals surface area contributed by atoms with E-state index in [9.17, 15) is 9.59 Å². The van der Waals surface area contributed by atoms with E-state index in [1.165, 1.54) is 24.5 Å². The normalized spacial score (nSPS) is 15.5. The Labute approximate surface area is 177 Å². The third-order valence-corrected chi connectivity index (χ3v) is 6.30. The highest BCUT2D eigenvalue weighted by Gasteiger charge is 2.27. The maximum absolute atomic E-state index is 12.4. The maximum Gasteiger partial charge on any atom is 0.257 e. The molecule has 3 rings (SSSR count). The minimum atomic E-state index is -0.495. The monoisotopic (exact) mass is 437 g/mol. The molecular formula is C19H20ClN3O3S2. The summed E-state index contributed by atoms with van der Waals surface area (Å²) >= 11 is 12.8. The number of amides is 2. The summed E-state index contributed by atoms with van der Waals surface area (Å²) in [6.07, 6.45) is 2.74. The number of carbonyl (C=O) groups is 2. The molecule has 0 bridgehead atoms. The standard InChI is InChI=1S/C19H20ClN3O3S2/c1-9-3-5-11-14(7-9)28-18(15(11)16(21)24)23-19(27)22-17(25)10-4-6-13(26-2)12(20)8-10/h4,6,8-9H,3,5,7H2,1-2H3,(H2,21,24)(H2,22,23,25,27). The molecule has 1 heterocycles. The highest BCUT2D eigenvalue weighted by molar-refractivity contribution is 7.80. The fraction of sp³-hybridized carbons (Fsp3) is 0.316. The SMILES string of the molecule is COc1ccc(C(=O)NC(=S)Nc2sc3c(c2C(N)=O)CCC(C)C3)cc1Cl. The molecule has 2 aromatic rings. The second kappa shape index (κ2) is 8.46. The Morgan fingerprint density at radius 2 is 2.14 bits per heavy atom. The van der Waals surface area contributed by atoms with Gasteiger partial charge in [-0.25, -0.2) is 0 Å². The first-order valence-electron chi connectivity index (χ1n) is 8.70. The van der Waals surface area contributed by atoms with E-state index in [1.54, 1.807) is 12.1 Å². The predicted molar refractivity (Wildman–Crippen MR) is 116 cm³/mol. The van der Waals surface area contributed by atoms with Gasteiger partial charge in [-0.2, -0.15) is 0 Å². The Bertz CT molecular complexity index is 958. The van der Waals surface area contributed by atoms with Crippen molar-refractivity contribution in [3.05, 3.63) is 44.8 Å². The lowest BCUT2D eigenvalue weighted by Crippen LogP contribution is -2.34. The highest BCUT2D eigenvalue weighted by Crippen LogP contribution is 2.39. The number of carbonyl (C=O) groups excluding carboxylic acids is 2. The summed E-state index contributed by atoms with van der Waals surface area (Å²) in [4.78, 5) is 25.6. The number of benzene rings is 1. The van der Waals surface area contributed by atoms with Crippen molar-refractivity contribution in [3.63, 3.8) is 0 Å². The van der Waals surface area contributed by atoms with E-state index in [0.29, 0.717) is 32.8 Å². The summed E-state index contributed by atoms with van der Waals surface area (Å²) in [5.41, 5.74) is 7.40. The second-order valence-corrected chi connectivity index (χ2v) is 8.60. The van der Waals surface area contributed by atoms with Crippen molar-refractivity contribution in [1.29, 1.82) is 0 Å². The molecule has 0 radical (unpaired) electrons. The number of thiophene rings is 1. The smallest absolute Gasteiger partial charge is 0.257 e. The maximum atomic E-state index is 12.4. The van der Waals surface area contributed by atoms with Crippen molar-refractivity contribution < 1.29 is 14.3 Å². The van der Waals surface area contributed by atoms with Gasteiger partial charge in [0.25, 0.3) is 11.8 Å². The first kappa shape index (κ1) is 20.6. The lowest BCUT2D eigenvalue weighted by molar-refractivity contribution is 0.0975. The fourth-order valence-corrected chi connectivity index (χ4v) is 5.15. The Kier molecular flexibility index (Phi) is 6.22. The predicted octanol–water partition coefficient (Wildman–Crippen LogP) is 3.76. The lowest BCUT2D eigenvalue weighted by Gasteiger charge is -2.18. The van der Waals surface area contributed by atoms with Crippen LogP contribution >= 0.6 is 35.2 Å². The average molecular weight is 438 g/mol. The zero-order valence-electron chi connectivity index (χ0n) is 15.4. The van der Waals surface area contributed by atoms with Crippen LogP contribution in [0.3, 0.4) is 0 Å². The van der Waals surface area contributed by atoms with Gasteiger partial charge in [-0.3, -0.25) is 14.9 Å². The number of primary amides is 1. The van der Waals surface area contributed by atoms with Crippen LogP contribution in [0.1, 0.15) is 44.5 Å². The number of nitrogens with two attached hydrogens (primary N) is 1. The summed E-state index contributed by atoms with van der Waals surface area (Å²) < 4.78 is 5.08. The van der Waals surface area contributed by atoms with E-state index in [-0.39, 0.29) is 5.11 Å². The third-order valence-electron chi connectivity index (χ3n) is 4.63. The lowest BCUT2D eigenvalue weighted by atomic mass is 9.88. The number of rotatable bonds is 4. The van der Waals surface area contributed by atoms with Gasteiger partial charge in [0.1, 0.15) is 10.8 Å². The Morgan fingerprint density at radius 1 is 1.39 bits per heavy atom. The van der Waals surface area contributed by atoms with Crippen LogP contribution in [0, 0.1) is 5.92 Å². The number of thiocarbonyl (C=S) groups is 1. The minimum Gasteiger partial charge on any atom is -0.495 e. The van der Waals surface area contributed by atoms with Crippen LogP contribution < -0.4 is 21.1 Å². The molecule has 4 N–H and O–H groups in total. The Hall–Kier alpha value is -2.16. The quantitative estimate of drug-likeness (QED) is 0.633. The summed E-state index contributed by atoms with van der Waals surface area (Å²) in [6.45, 7) is 2.19. The molecule has 28 heavy (non-hydrogen) atoms. The second-order valence-electron chi connectivity index (χ2n) is 6.68. The molecule has 1 atom stereocenters. The van der Waals surface area contributed by atoms with Crippen LogP contribution in [-0.2, 0) is 12.8 Å². The molecule has 1 unspecified atom stereocenters. The van der Waals surface area contributed by atoms with Crippen LogP contribution in [0.5, 0.6) is 5.75 Å². The number of halogens is 1. The Morgan fingerprint density at radius 3 is 2.79 bits per heavy atom. The molecule has 148 valence electrons. The van der Waals surface area contributed by atoms with Crippen molar-refractivity contribution in [3.8, 4) is 5.75 Å². The molecule has 0 saturated heterocycles. The van der Waals surface area contributed by atoms with Gasteiger partial charge < -0.3 is 15.8 Å². The number of nitrogens with one attached hydrogen (secondary N) is 2. The zero-order valence-corrected chi connectivity index (χ0v) is 17.8. The van der Waals surface area contributed by atoms with Crippen LogP contribution in [0.25, 0.3) is 0 Å². The number of hydrogen-bond donors (Lipinski definition) is 3. The van der Waals surface area contributed by atoms with Gasteiger partial charge in [-0.1, -0.05) is 18.5 Å². The van der Waals surface area contributed by atoms with Crippen LogP contribution in [-0.4, -0.2) is 24.0 Å². The number of methoxy groups -OCH3 is 1. The number of anilines is 1. The topological polar surface area (TPSA) is 93.4 Å². The molecule has 9 heteroatoms. The van der Waals surface area contributed by atoms with Gasteiger partial charge in [0.05, 0.1) is 17.7 Å². The van der Waals surface area contributed by atoms with E-state index in [0.717, 1.165) is 29.7 Å². The van der Waals surface area contributed by atoms with Crippen LogP contribution in [0.4, 0.5) is 5.00 Å². The molecular weight excluding hydrogens is 418 g/mol. The molecule has 0 spiro atoms. The summed E-state index contributed by atoms with van der Waals surface area (Å²) in [7, 11) is 1.50. The van der Waals surface area contributed by atoms with Crippen molar-refractivity contribution >= 4 is 57.1 Å². The molecule has 1 aliphatic carbocycles. The van der Waals surface area contributed by atoms with Gasteiger partial charge in [-0.05, 0) is 61.2 Å². The van der Waals surface area contributed by atoms with Gasteiger partial charge >= 0.3 is 0 Å². The molecule has 1 aromatic carbocycles. The number of ether oxygens (including phenoxy) is 1. The van der Waals surface area contributed by atoms with Crippen LogP contribution in [0.15, 0.2) is 18.2 Å². The van der Waals surface area contributed by atoms with E-state index in [1.807, 2.05) is 0 Å². The molecule has 0 fully saturated rings. The van der Waals surface area contributed by atoms with E-state index in [2.05, 4.69) is 17.6 Å². The Balaban J connectivity index is 1.75. The summed E-state index contributed by atoms with van der Waals surface area (Å²) in [6, 6.07) is 4.69. The van der Waals surface area contributed by atoms with Gasteiger partial charge in [0.15, 0.2) is 5.11 Å². The van der Waals surface area contributed by atoms with Crippen LogP contribution in [0.2, 0.25) is 5.02 Å². The zero-order chi connectivity index (χ0) is 20.4. The third kappa shape index (κ3) is 4.29. The van der Waals surface area contributed by atoms with Crippen molar-refractivity contribution in [1.82, 2.24) is 5.32 Å². The van der Waals surface area contributed by atoms with Gasteiger partial charge in [0.2, 0.25) is 0 Å². The first-order chi connectivity index (χ1) is 13.3. The summed E-state index contributed by atoms with van der Waals surface area (Å²) in [5, 5.41) is 6.55. The van der Waals surface area contributed by atoms with Crippen molar-refractivity contribution in [2.75, 3.05) is 12.4 Å². The number of hydrogen-bond acceptors (Lipinski definition) is 5. The molecule has 1 aliphatic rings. The first-order valence-corrected chi connectivity index (χ1v) is 10.3. The van der Waals surface area contributed by atoms with E-state index < -0.39 is 11.8 Å². The molecule has 6 nitrogen and oxygen atoms in total. The van der Waals surface area contributed by atoms with E-state index >= 15 is 0 Å². The fourth-order valence-electron chi connectivity index (χ4n) is 3.22. The van der Waals surface area contributed by atoms with Crippen molar-refractivity contribution in [2.24, 2.45) is 11.7 Å². The highest BCUT2D eigenvalue weighted by atomic mass is 35.5. The van der Waals surface area contributed by atoms with Gasteiger partial charge in [-0.15, -0.1) is 11.3 Å². The molecule has 0 aliphatic heterocycles. The largest absolute Gasteiger partial charge is 0.495 e. The molecule has 2 amide bonds. The molecule has 1 aromatic heterocycles. The van der Waals surface area contributed by atoms with Crippen molar-refractivity contribution in [2.45, 2.75) is 26.2 Å². The van der Waals surface area contributed by atoms with Gasteiger partial charge in [0, 0.05) is 10.4 Å². The molecule has 0 saturated carbocycles. The average Bonchev–Trinajstić information content (AvgIpc) is 2.98. The minimum absolute atomic E-state index is 0.0890.